The van der Waals surface area contributed by atoms with Gasteiger partial charge in [-0.3, -0.25) is 14.3 Å². The number of aryl methyl sites for hydroxylation is 2. The van der Waals surface area contributed by atoms with Gasteiger partial charge in [0.25, 0.3) is 5.91 Å². The van der Waals surface area contributed by atoms with Gasteiger partial charge in [-0.1, -0.05) is 6.07 Å². The molecule has 0 heterocycles. The predicted molar refractivity (Wildman–Crippen MR) is 87.4 cm³/mol. The number of alkyl halides is 17. The van der Waals surface area contributed by atoms with Gasteiger partial charge in [0.2, 0.25) is 0 Å². The quantitative estimate of drug-likeness (QED) is 0.324. The Kier molecular flexibility index (Phi) is 8.41. The van der Waals surface area contributed by atoms with E-state index in [-0.39, 0.29) is 5.56 Å². The van der Waals surface area contributed by atoms with Crippen molar-refractivity contribution in [2.75, 3.05) is 5.32 Å². The molecular weight excluding hydrogens is 589 g/mol. The van der Waals surface area contributed by atoms with Crippen molar-refractivity contribution in [3.8, 4) is 0 Å². The van der Waals surface area contributed by atoms with E-state index in [9.17, 15) is 79.4 Å². The van der Waals surface area contributed by atoms with Gasteiger partial charge in [0, 0.05) is 5.69 Å². The molecule has 2 atom stereocenters. The summed E-state index contributed by atoms with van der Waals surface area (Å²) in [5.74, 6) is -26.2. The van der Waals surface area contributed by atoms with E-state index < -0.39 is 60.0 Å². The lowest BCUT2D eigenvalue weighted by Gasteiger charge is -2.40. The maximum Gasteiger partial charge on any atom is 0.462 e. The minimum atomic E-state index is -8.05. The van der Waals surface area contributed by atoms with Crippen molar-refractivity contribution in [3.05, 3.63) is 29.3 Å². The van der Waals surface area contributed by atoms with Crippen LogP contribution in [-0.4, -0.2) is 54.3 Å². The number of rotatable bonds is 8. The maximum atomic E-state index is 14.5. The molecule has 0 spiro atoms. The number of carbonyl (C=O) groups excluding carboxylic acids is 1. The van der Waals surface area contributed by atoms with Crippen LogP contribution in [0, 0.1) is 13.8 Å². The van der Waals surface area contributed by atoms with Gasteiger partial charge >= 0.3 is 48.4 Å². The zero-order chi connectivity index (χ0) is 30.6. The van der Waals surface area contributed by atoms with Crippen molar-refractivity contribution < 1.29 is 88.9 Å². The third kappa shape index (κ3) is 5.86. The largest absolute Gasteiger partial charge is 0.462 e. The lowest BCUT2D eigenvalue weighted by Crippen LogP contribution is -2.68. The molecule has 0 unspecified atom stereocenters. The Hall–Kier alpha value is -2.58. The predicted octanol–water partition coefficient (Wildman–Crippen LogP) is 7.11. The summed E-state index contributed by atoms with van der Waals surface area (Å²) in [6, 6.07) is 2.47. The van der Waals surface area contributed by atoms with Crippen molar-refractivity contribution >= 4 is 11.6 Å². The number of amides is 1. The van der Waals surface area contributed by atoms with E-state index in [4.69, 9.17) is 0 Å². The fourth-order valence-corrected chi connectivity index (χ4v) is 2.19. The van der Waals surface area contributed by atoms with Crippen LogP contribution in [0.3, 0.4) is 0 Å². The topological polar surface area (TPSA) is 47.6 Å². The van der Waals surface area contributed by atoms with Crippen LogP contribution in [0.15, 0.2) is 18.2 Å². The van der Waals surface area contributed by atoms with Crippen molar-refractivity contribution in [2.45, 2.75) is 62.2 Å². The monoisotopic (exact) mass is 599 g/mol. The smallest absolute Gasteiger partial charge is 0.321 e. The highest BCUT2D eigenvalue weighted by atomic mass is 19.4. The summed E-state index contributed by atoms with van der Waals surface area (Å²) < 4.78 is 227. The number of nitrogens with one attached hydrogen (secondary N) is 1. The fraction of sp³-hybridized carbons (Fsp3) is 0.588. The number of halogens is 17. The lowest BCUT2D eigenvalue weighted by atomic mass is 10.1. The normalized spacial score (nSPS) is 17.6. The lowest BCUT2D eigenvalue weighted by molar-refractivity contribution is -0.548. The molecule has 1 amide bonds. The number of carbonyl (C=O) groups is 1. The van der Waals surface area contributed by atoms with Gasteiger partial charge in [-0.05, 0) is 37.1 Å². The second-order valence-electron chi connectivity index (χ2n) is 7.25. The van der Waals surface area contributed by atoms with Crippen molar-refractivity contribution in [2.24, 2.45) is 0 Å². The second-order valence-corrected chi connectivity index (χ2v) is 7.25. The molecule has 0 radical (unpaired) electrons. The molecule has 0 saturated heterocycles. The minimum absolute atomic E-state index is 0.131. The van der Waals surface area contributed by atoms with Crippen molar-refractivity contribution in [1.82, 2.24) is 0 Å². The van der Waals surface area contributed by atoms with Gasteiger partial charge < -0.3 is 5.32 Å². The van der Waals surface area contributed by atoms with Crippen LogP contribution in [0.4, 0.5) is 80.3 Å². The SMILES string of the molecule is Cc1ccc(NC(=O)[C@](F)(OC(F)(F)[C@@](F)(OC(F)(F)C(F)(F)C(F)(F)F)C(F)(F)F)C(F)(F)F)cc1C. The Bertz CT molecular complexity index is 1030. The Morgan fingerprint density at radius 1 is 0.632 bits per heavy atom. The molecule has 38 heavy (non-hydrogen) atoms. The van der Waals surface area contributed by atoms with Gasteiger partial charge in [-0.2, -0.15) is 74.6 Å². The molecule has 4 nitrogen and oxygen atoms in total. The van der Waals surface area contributed by atoms with Gasteiger partial charge in [0.15, 0.2) is 0 Å². The molecule has 0 aliphatic carbocycles. The summed E-state index contributed by atoms with van der Waals surface area (Å²) in [5.41, 5.74) is -0.368. The zero-order valence-electron chi connectivity index (χ0n) is 17.9. The number of hydrogen-bond donors (Lipinski definition) is 1. The van der Waals surface area contributed by atoms with Crippen LogP contribution in [-0.2, 0) is 14.3 Å². The number of anilines is 1. The van der Waals surface area contributed by atoms with E-state index in [0.717, 1.165) is 17.4 Å². The third-order valence-electron chi connectivity index (χ3n) is 4.42. The van der Waals surface area contributed by atoms with Crippen LogP contribution in [0.2, 0.25) is 0 Å². The number of ether oxygens (including phenoxy) is 2. The second kappa shape index (κ2) is 9.56. The first-order valence-electron chi connectivity index (χ1n) is 8.97. The summed E-state index contributed by atoms with van der Waals surface area (Å²) in [5, 5.41) is 0.909. The van der Waals surface area contributed by atoms with Crippen LogP contribution in [0.5, 0.6) is 0 Å². The van der Waals surface area contributed by atoms with Crippen molar-refractivity contribution in [3.63, 3.8) is 0 Å². The molecule has 1 rings (SSSR count). The highest BCUT2D eigenvalue weighted by Gasteiger charge is 2.85. The summed E-state index contributed by atoms with van der Waals surface area (Å²) >= 11 is 0. The molecule has 0 saturated carbocycles. The van der Waals surface area contributed by atoms with Gasteiger partial charge in [-0.25, -0.2) is 0 Å². The summed E-state index contributed by atoms with van der Waals surface area (Å²) in [7, 11) is 0. The highest BCUT2D eigenvalue weighted by molar-refractivity contribution is 5.97. The Labute approximate surface area is 198 Å². The molecule has 1 N–H and O–H groups in total. The van der Waals surface area contributed by atoms with Crippen LogP contribution < -0.4 is 5.32 Å². The number of hydrogen-bond acceptors (Lipinski definition) is 3. The molecule has 0 bridgehead atoms. The molecule has 0 fully saturated rings. The van der Waals surface area contributed by atoms with Crippen LogP contribution in [0.1, 0.15) is 11.1 Å². The highest BCUT2D eigenvalue weighted by Crippen LogP contribution is 2.56. The first-order chi connectivity index (χ1) is 16.5. The molecule has 0 aliphatic rings. The van der Waals surface area contributed by atoms with Crippen LogP contribution in [0.25, 0.3) is 0 Å². The molecule has 220 valence electrons. The van der Waals surface area contributed by atoms with Gasteiger partial charge in [0.05, 0.1) is 0 Å². The number of benzene rings is 1. The molecule has 1 aromatic rings. The molecule has 21 heteroatoms. The van der Waals surface area contributed by atoms with Crippen LogP contribution >= 0.6 is 0 Å². The Morgan fingerprint density at radius 3 is 1.47 bits per heavy atom. The van der Waals surface area contributed by atoms with E-state index in [0.29, 0.717) is 11.6 Å². The summed E-state index contributed by atoms with van der Waals surface area (Å²) in [4.78, 5) is 11.8. The van der Waals surface area contributed by atoms with Gasteiger partial charge in [0.1, 0.15) is 0 Å². The first-order valence-corrected chi connectivity index (χ1v) is 8.97. The fourth-order valence-electron chi connectivity index (χ4n) is 2.19. The van der Waals surface area contributed by atoms with E-state index in [2.05, 4.69) is 0 Å². The minimum Gasteiger partial charge on any atom is -0.321 e. The Morgan fingerprint density at radius 2 is 1.11 bits per heavy atom. The zero-order valence-corrected chi connectivity index (χ0v) is 17.9. The third-order valence-corrected chi connectivity index (χ3v) is 4.42. The van der Waals surface area contributed by atoms with E-state index >= 15 is 0 Å². The van der Waals surface area contributed by atoms with Gasteiger partial charge in [-0.15, -0.1) is 0 Å². The summed E-state index contributed by atoms with van der Waals surface area (Å²) in [6.07, 6.45) is -38.6. The standard InChI is InChI=1S/C17H10F17NO3/c1-6-3-4-8(5-7(6)2)35-9(36)10(18,13(22,23)24)37-17(33,34)12(21,15(28,29)30)38-16(31,32)11(19,20)14(25,26)27/h3-5H,1-2H3,(H,35,36)/t10-,12-/m0/s1. The van der Waals surface area contributed by atoms with E-state index in [1.165, 1.54) is 18.6 Å². The molecule has 0 aliphatic heterocycles. The molecular formula is C17H10F17NO3. The average Bonchev–Trinajstić information content (AvgIpc) is 2.67. The summed E-state index contributed by atoms with van der Waals surface area (Å²) in [6.45, 7) is 2.62. The average molecular weight is 599 g/mol. The molecule has 0 aromatic heterocycles. The Balaban J connectivity index is 3.63. The first kappa shape index (κ1) is 33.4. The van der Waals surface area contributed by atoms with E-state index in [1.54, 1.807) is 0 Å². The molecule has 1 aromatic carbocycles. The van der Waals surface area contributed by atoms with Crippen molar-refractivity contribution in [1.29, 1.82) is 0 Å². The van der Waals surface area contributed by atoms with E-state index in [1.807, 2.05) is 4.74 Å². The maximum absolute atomic E-state index is 14.5.